The Morgan fingerprint density at radius 1 is 1.08 bits per heavy atom. The lowest BCUT2D eigenvalue weighted by atomic mass is 10.2. The van der Waals surface area contributed by atoms with Gasteiger partial charge < -0.3 is 10.6 Å². The Bertz CT molecular complexity index is 884. The number of aromatic nitrogens is 2. The number of hydrogen-bond acceptors (Lipinski definition) is 4. The van der Waals surface area contributed by atoms with E-state index < -0.39 is 0 Å². The lowest BCUT2D eigenvalue weighted by Crippen LogP contribution is -2.23. The van der Waals surface area contributed by atoms with Crippen molar-refractivity contribution in [3.63, 3.8) is 0 Å². The number of amides is 1. The number of halogens is 1. The molecule has 0 aliphatic heterocycles. The molecule has 2 aromatic heterocycles. The van der Waals surface area contributed by atoms with Crippen LogP contribution in [0.25, 0.3) is 0 Å². The highest BCUT2D eigenvalue weighted by Gasteiger charge is 2.08. The van der Waals surface area contributed by atoms with Crippen molar-refractivity contribution < 1.29 is 4.79 Å². The fraction of sp³-hybridized carbons (Fsp3) is 0.105. The summed E-state index contributed by atoms with van der Waals surface area (Å²) >= 11 is 5.98. The summed E-state index contributed by atoms with van der Waals surface area (Å²) in [5.41, 5.74) is 4.07. The molecule has 3 aromatic rings. The minimum atomic E-state index is -0.228. The molecule has 1 aromatic carbocycles. The molecule has 0 atom stereocenters. The monoisotopic (exact) mass is 352 g/mol. The number of benzene rings is 1. The van der Waals surface area contributed by atoms with Crippen LogP contribution in [0.15, 0.2) is 61.1 Å². The van der Waals surface area contributed by atoms with Crippen LogP contribution in [0, 0.1) is 6.92 Å². The minimum absolute atomic E-state index is 0.228. The van der Waals surface area contributed by atoms with Gasteiger partial charge in [-0.2, -0.15) is 0 Å². The number of pyridine rings is 2. The molecule has 0 saturated heterocycles. The summed E-state index contributed by atoms with van der Waals surface area (Å²) in [4.78, 5) is 20.4. The van der Waals surface area contributed by atoms with E-state index in [2.05, 4.69) is 20.6 Å². The van der Waals surface area contributed by atoms with Gasteiger partial charge >= 0.3 is 0 Å². The highest BCUT2D eigenvalue weighted by Crippen LogP contribution is 2.23. The van der Waals surface area contributed by atoms with E-state index >= 15 is 0 Å². The average Bonchev–Trinajstić information content (AvgIpc) is 2.63. The van der Waals surface area contributed by atoms with Crippen molar-refractivity contribution in [2.24, 2.45) is 0 Å². The van der Waals surface area contributed by atoms with Gasteiger partial charge in [0.1, 0.15) is 5.69 Å². The summed E-state index contributed by atoms with van der Waals surface area (Å²) in [6.45, 7) is 2.40. The molecule has 3 rings (SSSR count). The molecule has 2 heterocycles. The highest BCUT2D eigenvalue weighted by atomic mass is 35.5. The smallest absolute Gasteiger partial charge is 0.270 e. The Labute approximate surface area is 151 Å². The van der Waals surface area contributed by atoms with Gasteiger partial charge in [0.25, 0.3) is 5.91 Å². The number of hydrogen-bond donors (Lipinski definition) is 2. The number of nitrogens with one attached hydrogen (secondary N) is 2. The van der Waals surface area contributed by atoms with Gasteiger partial charge in [-0.3, -0.25) is 14.8 Å². The molecule has 126 valence electrons. The number of carbonyl (C=O) groups excluding carboxylic acids is 1. The second kappa shape index (κ2) is 7.77. The van der Waals surface area contributed by atoms with Crippen molar-refractivity contribution in [1.29, 1.82) is 0 Å². The fourth-order valence-electron chi connectivity index (χ4n) is 2.33. The molecule has 5 nitrogen and oxygen atoms in total. The third kappa shape index (κ3) is 4.55. The summed E-state index contributed by atoms with van der Waals surface area (Å²) in [5.74, 6) is -0.228. The zero-order chi connectivity index (χ0) is 17.6. The lowest BCUT2D eigenvalue weighted by molar-refractivity contribution is 0.0946. The molecular weight excluding hydrogens is 336 g/mol. The number of rotatable bonds is 5. The second-order valence-corrected chi connectivity index (χ2v) is 5.99. The van der Waals surface area contributed by atoms with Crippen LogP contribution in [0.2, 0.25) is 5.02 Å². The van der Waals surface area contributed by atoms with E-state index in [4.69, 9.17) is 11.6 Å². The van der Waals surface area contributed by atoms with Gasteiger partial charge in [0, 0.05) is 41.5 Å². The van der Waals surface area contributed by atoms with E-state index in [0.717, 1.165) is 22.5 Å². The van der Waals surface area contributed by atoms with Crippen LogP contribution in [-0.2, 0) is 6.54 Å². The Morgan fingerprint density at radius 3 is 2.64 bits per heavy atom. The van der Waals surface area contributed by atoms with Crippen LogP contribution in [0.1, 0.15) is 21.6 Å². The Kier molecular flexibility index (Phi) is 5.26. The van der Waals surface area contributed by atoms with Crippen molar-refractivity contribution in [2.75, 3.05) is 5.32 Å². The SMILES string of the molecule is Cc1cc(Cl)ccc1Nc1ccnc(C(=O)NCc2ccncc2)c1. The third-order valence-electron chi connectivity index (χ3n) is 3.66. The van der Waals surface area contributed by atoms with Crippen LogP contribution >= 0.6 is 11.6 Å². The van der Waals surface area contributed by atoms with Crippen LogP contribution in [0.5, 0.6) is 0 Å². The first-order valence-electron chi connectivity index (χ1n) is 7.78. The minimum Gasteiger partial charge on any atom is -0.355 e. The summed E-state index contributed by atoms with van der Waals surface area (Å²) in [6, 6.07) is 12.8. The Hall–Kier alpha value is -2.92. The average molecular weight is 353 g/mol. The van der Waals surface area contributed by atoms with Gasteiger partial charge in [-0.05, 0) is 60.5 Å². The fourth-order valence-corrected chi connectivity index (χ4v) is 2.56. The van der Waals surface area contributed by atoms with E-state index in [0.29, 0.717) is 17.3 Å². The summed E-state index contributed by atoms with van der Waals surface area (Å²) in [7, 11) is 0. The standard InChI is InChI=1S/C19H17ClN4O/c1-13-10-15(20)2-3-17(13)24-16-6-9-22-18(11-16)19(25)23-12-14-4-7-21-8-5-14/h2-11H,12H2,1H3,(H,22,24)(H,23,25). The predicted octanol–water partition coefficient (Wildman–Crippen LogP) is 4.11. The molecule has 25 heavy (non-hydrogen) atoms. The zero-order valence-electron chi connectivity index (χ0n) is 13.7. The topological polar surface area (TPSA) is 66.9 Å². The number of carbonyl (C=O) groups is 1. The first-order chi connectivity index (χ1) is 12.1. The van der Waals surface area contributed by atoms with Gasteiger partial charge in [-0.1, -0.05) is 11.6 Å². The summed E-state index contributed by atoms with van der Waals surface area (Å²) in [6.07, 6.45) is 4.99. The molecule has 1 amide bonds. The largest absolute Gasteiger partial charge is 0.355 e. The van der Waals surface area contributed by atoms with Crippen LogP contribution in [0.3, 0.4) is 0 Å². The Balaban J connectivity index is 1.69. The zero-order valence-corrected chi connectivity index (χ0v) is 14.4. The normalized spacial score (nSPS) is 10.3. The Morgan fingerprint density at radius 2 is 1.88 bits per heavy atom. The maximum Gasteiger partial charge on any atom is 0.270 e. The quantitative estimate of drug-likeness (QED) is 0.725. The number of nitrogens with zero attached hydrogens (tertiary/aromatic N) is 2. The molecule has 0 radical (unpaired) electrons. The maximum atomic E-state index is 12.3. The van der Waals surface area contributed by atoms with Gasteiger partial charge in [0.15, 0.2) is 0 Å². The van der Waals surface area contributed by atoms with Gasteiger partial charge in [-0.25, -0.2) is 0 Å². The van der Waals surface area contributed by atoms with Crippen molar-refractivity contribution >= 4 is 28.9 Å². The van der Waals surface area contributed by atoms with E-state index in [1.165, 1.54) is 0 Å². The molecule has 0 fully saturated rings. The van der Waals surface area contributed by atoms with E-state index in [-0.39, 0.29) is 5.91 Å². The molecule has 6 heteroatoms. The van der Waals surface area contributed by atoms with E-state index in [1.807, 2.05) is 43.3 Å². The molecular formula is C19H17ClN4O. The van der Waals surface area contributed by atoms with Crippen molar-refractivity contribution in [2.45, 2.75) is 13.5 Å². The first kappa shape index (κ1) is 16.9. The molecule has 0 bridgehead atoms. The van der Waals surface area contributed by atoms with Gasteiger partial charge in [-0.15, -0.1) is 0 Å². The maximum absolute atomic E-state index is 12.3. The first-order valence-corrected chi connectivity index (χ1v) is 8.16. The molecule has 0 spiro atoms. The molecule has 0 aliphatic rings. The van der Waals surface area contributed by atoms with Crippen molar-refractivity contribution in [3.8, 4) is 0 Å². The van der Waals surface area contributed by atoms with E-state index in [1.54, 1.807) is 24.7 Å². The lowest BCUT2D eigenvalue weighted by Gasteiger charge is -2.11. The van der Waals surface area contributed by atoms with Gasteiger partial charge in [0.2, 0.25) is 0 Å². The van der Waals surface area contributed by atoms with E-state index in [9.17, 15) is 4.79 Å². The molecule has 2 N–H and O–H groups in total. The van der Waals surface area contributed by atoms with Crippen LogP contribution in [0.4, 0.5) is 11.4 Å². The molecule has 0 saturated carbocycles. The van der Waals surface area contributed by atoms with Gasteiger partial charge in [0.05, 0.1) is 0 Å². The third-order valence-corrected chi connectivity index (χ3v) is 3.90. The number of aryl methyl sites for hydroxylation is 1. The molecule has 0 aliphatic carbocycles. The van der Waals surface area contributed by atoms with Crippen molar-refractivity contribution in [1.82, 2.24) is 15.3 Å². The number of anilines is 2. The summed E-state index contributed by atoms with van der Waals surface area (Å²) < 4.78 is 0. The highest BCUT2D eigenvalue weighted by molar-refractivity contribution is 6.30. The molecule has 0 unspecified atom stereocenters. The summed E-state index contributed by atoms with van der Waals surface area (Å²) in [5, 5.41) is 6.82. The van der Waals surface area contributed by atoms with Crippen LogP contribution in [-0.4, -0.2) is 15.9 Å². The second-order valence-electron chi connectivity index (χ2n) is 5.55. The van der Waals surface area contributed by atoms with Crippen LogP contribution < -0.4 is 10.6 Å². The predicted molar refractivity (Wildman–Crippen MR) is 99.1 cm³/mol. The van der Waals surface area contributed by atoms with Crippen molar-refractivity contribution in [3.05, 3.63) is 82.9 Å².